The number of benzene rings is 1. The molecular formula is C36H48N4O7. The van der Waals surface area contributed by atoms with Crippen LogP contribution in [0.2, 0.25) is 0 Å². The molecule has 1 atom stereocenters. The van der Waals surface area contributed by atoms with Gasteiger partial charge in [-0.1, -0.05) is 44.2 Å². The number of ether oxygens (including phenoxy) is 2. The summed E-state index contributed by atoms with van der Waals surface area (Å²) in [5.41, 5.74) is 0.907. The minimum absolute atomic E-state index is 0.0273. The molecule has 3 rings (SSSR count). The Bertz CT molecular complexity index is 1780. The third-order valence-corrected chi connectivity index (χ3v) is 6.98. The molecule has 0 saturated carbocycles. The van der Waals surface area contributed by atoms with E-state index in [1.54, 1.807) is 40.9 Å². The van der Waals surface area contributed by atoms with Crippen molar-refractivity contribution in [3.05, 3.63) is 81.9 Å². The van der Waals surface area contributed by atoms with Crippen LogP contribution in [0.1, 0.15) is 67.0 Å². The molecule has 0 aliphatic heterocycles. The monoisotopic (exact) mass is 650 g/mol. The summed E-state index contributed by atoms with van der Waals surface area (Å²) in [6.45, 7) is 9.49. The van der Waals surface area contributed by atoms with Gasteiger partial charge in [-0.15, -0.1) is 0 Å². The van der Waals surface area contributed by atoms with E-state index in [0.29, 0.717) is 17.1 Å². The summed E-state index contributed by atoms with van der Waals surface area (Å²) in [5, 5.41) is 0.813. The molecule has 0 N–H and O–H groups in total. The first-order chi connectivity index (χ1) is 22.7. The number of aromatic nitrogens is 2. The summed E-state index contributed by atoms with van der Waals surface area (Å²) < 4.78 is 31.1. The minimum atomic E-state index is -2.40. The van der Waals surface area contributed by atoms with Crippen molar-refractivity contribution in [1.29, 1.82) is 0 Å². The topological polar surface area (TPSA) is 120 Å². The smallest absolute Gasteiger partial charge is 0.419 e. The molecule has 47 heavy (non-hydrogen) atoms. The minimum Gasteiger partial charge on any atom is -0.443 e. The van der Waals surface area contributed by atoms with Crippen LogP contribution in [-0.4, -0.2) is 82.7 Å². The Morgan fingerprint density at radius 1 is 1.00 bits per heavy atom. The van der Waals surface area contributed by atoms with Crippen molar-refractivity contribution in [2.75, 3.05) is 28.2 Å². The van der Waals surface area contributed by atoms with Crippen LogP contribution in [0.5, 0.6) is 0 Å². The summed E-state index contributed by atoms with van der Waals surface area (Å²) in [6.07, 6.45) is -2.02. The van der Waals surface area contributed by atoms with Gasteiger partial charge in [0.25, 0.3) is 5.56 Å². The molecule has 0 saturated heterocycles. The molecule has 2 amide bonds. The predicted molar refractivity (Wildman–Crippen MR) is 182 cm³/mol. The molecule has 254 valence electrons. The van der Waals surface area contributed by atoms with Gasteiger partial charge in [-0.25, -0.2) is 14.2 Å². The van der Waals surface area contributed by atoms with E-state index in [4.69, 9.17) is 12.2 Å². The summed E-state index contributed by atoms with van der Waals surface area (Å²) in [6, 6.07) is 10.7. The van der Waals surface area contributed by atoms with E-state index in [2.05, 4.69) is 13.8 Å². The number of carbonyl (C=O) groups excluding carboxylic acids is 4. The third kappa shape index (κ3) is 10.2. The molecule has 0 bridgehead atoms. The van der Waals surface area contributed by atoms with Crippen LogP contribution in [0.4, 0.5) is 9.59 Å². The lowest BCUT2D eigenvalue weighted by Crippen LogP contribution is -2.35. The molecule has 1 aromatic carbocycles. The Hall–Kier alpha value is -4.67. The van der Waals surface area contributed by atoms with E-state index < -0.39 is 54.4 Å². The molecular weight excluding hydrogens is 600 g/mol. The molecule has 3 aromatic rings. The number of para-hydroxylation sites is 1. The van der Waals surface area contributed by atoms with Gasteiger partial charge in [0.05, 0.1) is 17.8 Å². The van der Waals surface area contributed by atoms with Gasteiger partial charge in [-0.3, -0.25) is 14.4 Å². The van der Waals surface area contributed by atoms with Gasteiger partial charge in [-0.2, -0.15) is 0 Å². The summed E-state index contributed by atoms with van der Waals surface area (Å²) in [7, 11) is 5.88. The van der Waals surface area contributed by atoms with E-state index in [1.807, 2.05) is 24.3 Å². The zero-order valence-electron chi connectivity index (χ0n) is 30.8. The zero-order chi connectivity index (χ0) is 36.8. The highest BCUT2D eigenvalue weighted by molar-refractivity contribution is 5.93. The van der Waals surface area contributed by atoms with Crippen LogP contribution in [-0.2, 0) is 38.4 Å². The summed E-state index contributed by atoms with van der Waals surface area (Å²) in [5.74, 6) is -0.893. The summed E-state index contributed by atoms with van der Waals surface area (Å²) in [4.78, 5) is 67.8. The molecule has 0 spiro atoms. The third-order valence-electron chi connectivity index (χ3n) is 6.98. The second kappa shape index (κ2) is 15.8. The number of fused-ring (bicyclic) bond motifs is 1. The number of rotatable bonds is 12. The molecule has 0 fully saturated rings. The van der Waals surface area contributed by atoms with Crippen molar-refractivity contribution in [3.8, 4) is 0 Å². The first kappa shape index (κ1) is 33.7. The van der Waals surface area contributed by atoms with Crippen molar-refractivity contribution in [3.63, 3.8) is 0 Å². The van der Waals surface area contributed by atoms with Crippen LogP contribution in [0.15, 0.2) is 59.5 Å². The van der Waals surface area contributed by atoms with E-state index >= 15 is 0 Å². The number of hydrogen-bond acceptors (Lipinski definition) is 7. The highest BCUT2D eigenvalue weighted by Crippen LogP contribution is 2.27. The predicted octanol–water partition coefficient (Wildman–Crippen LogP) is 5.44. The van der Waals surface area contributed by atoms with E-state index in [0.717, 1.165) is 22.3 Å². The van der Waals surface area contributed by atoms with Crippen molar-refractivity contribution >= 4 is 34.8 Å². The maximum Gasteiger partial charge on any atom is 0.419 e. The number of nitrogens with zero attached hydrogens (tertiary/aromatic N) is 4. The molecule has 0 aliphatic rings. The number of hydrogen-bond donors (Lipinski definition) is 0. The fraction of sp³-hybridized carbons (Fsp3) is 0.472. The first-order valence-electron chi connectivity index (χ1n) is 16.5. The number of amides is 2. The van der Waals surface area contributed by atoms with Gasteiger partial charge < -0.3 is 23.8 Å². The Balaban J connectivity index is 2.02. The number of ketones is 1. The number of Topliss-reactive ketones (excluding diaryl/α,β-unsaturated/α-hetero) is 1. The summed E-state index contributed by atoms with van der Waals surface area (Å²) >= 11 is 0. The van der Waals surface area contributed by atoms with Crippen LogP contribution in [0.25, 0.3) is 10.9 Å². The van der Waals surface area contributed by atoms with Crippen molar-refractivity contribution < 1.29 is 31.4 Å². The van der Waals surface area contributed by atoms with E-state index in [1.165, 1.54) is 52.5 Å². The normalized spacial score (nSPS) is 13.3. The van der Waals surface area contributed by atoms with Crippen LogP contribution < -0.4 is 5.56 Å². The number of likely N-dealkylation sites (N-methyl/N-ethyl adjacent to an activating group) is 1. The molecule has 0 aliphatic carbocycles. The average Bonchev–Trinajstić information content (AvgIpc) is 3.35. The Kier molecular flexibility index (Phi) is 11.3. The van der Waals surface area contributed by atoms with Crippen molar-refractivity contribution in [2.45, 2.75) is 78.5 Å². The molecule has 2 aromatic heterocycles. The van der Waals surface area contributed by atoms with Crippen molar-refractivity contribution in [2.24, 2.45) is 5.92 Å². The lowest BCUT2D eigenvalue weighted by molar-refractivity contribution is -0.127. The number of pyridine rings is 1. The van der Waals surface area contributed by atoms with Crippen LogP contribution >= 0.6 is 0 Å². The maximum absolute atomic E-state index is 13.8. The highest BCUT2D eigenvalue weighted by Gasteiger charge is 2.26. The van der Waals surface area contributed by atoms with Crippen molar-refractivity contribution in [1.82, 2.24) is 18.9 Å². The Morgan fingerprint density at radius 3 is 2.30 bits per heavy atom. The number of allylic oxidation sites excluding steroid dienone is 1. The quantitative estimate of drug-likeness (QED) is 0.240. The Labute approximate surface area is 279 Å². The zero-order valence-corrected chi connectivity index (χ0v) is 28.8. The molecule has 0 radical (unpaired) electrons. The van der Waals surface area contributed by atoms with Gasteiger partial charge in [0.2, 0.25) is 5.91 Å². The van der Waals surface area contributed by atoms with Gasteiger partial charge in [-0.05, 0) is 69.7 Å². The number of carbonyl (C=O) groups is 4. The molecule has 2 heterocycles. The standard InChI is InChI=1S/C36H48N4O7/c1-24(2)20-25-14-12-15-26-21-28(40(32(25)26)35(45)47-36(3,4)5)23-39-19-13-16-27(33(39)43)22-29(41)30(46-34(44)38(8)9)17-10-11-18-31(42)37(6)7/h11-16,18-19,21,24,30H,10,17,20,22-23H2,1-9H3/b18-11+/i17D2. The van der Waals surface area contributed by atoms with Crippen LogP contribution in [0, 0.1) is 5.92 Å². The molecule has 1 unspecified atom stereocenters. The molecule has 11 nitrogen and oxygen atoms in total. The molecule has 11 heteroatoms. The maximum atomic E-state index is 13.8. The Morgan fingerprint density at radius 2 is 1.68 bits per heavy atom. The van der Waals surface area contributed by atoms with E-state index in [9.17, 15) is 24.0 Å². The lowest BCUT2D eigenvalue weighted by Gasteiger charge is -2.22. The SMILES string of the molecule is [2H]C([2H])(C/C=C/C(=O)N(C)C)C(OC(=O)N(C)C)C(=O)Cc1cccn(Cc2cc3cccc(CC(C)C)c3n2C(=O)OC(C)(C)C)c1=O. The lowest BCUT2D eigenvalue weighted by atomic mass is 10.0. The second-order valence-corrected chi connectivity index (χ2v) is 13.2. The van der Waals surface area contributed by atoms with E-state index in [-0.39, 0.29) is 18.0 Å². The van der Waals surface area contributed by atoms with Gasteiger partial charge in [0.15, 0.2) is 11.9 Å². The van der Waals surface area contributed by atoms with Gasteiger partial charge in [0, 0.05) is 54.5 Å². The highest BCUT2D eigenvalue weighted by atomic mass is 16.6. The van der Waals surface area contributed by atoms with Gasteiger partial charge in [0.1, 0.15) is 5.60 Å². The largest absolute Gasteiger partial charge is 0.443 e. The first-order valence-corrected chi connectivity index (χ1v) is 15.5. The average molecular weight is 651 g/mol. The fourth-order valence-electron chi connectivity index (χ4n) is 4.84. The second-order valence-electron chi connectivity index (χ2n) is 13.2. The fourth-order valence-corrected chi connectivity index (χ4v) is 4.84. The van der Waals surface area contributed by atoms with Gasteiger partial charge >= 0.3 is 12.2 Å². The van der Waals surface area contributed by atoms with Crippen LogP contribution in [0.3, 0.4) is 0 Å².